The molecule has 0 unspecified atom stereocenters. The van der Waals surface area contributed by atoms with Crippen LogP contribution in [0.1, 0.15) is 11.1 Å². The van der Waals surface area contributed by atoms with Gasteiger partial charge >= 0.3 is 6.03 Å². The summed E-state index contributed by atoms with van der Waals surface area (Å²) < 4.78 is 25.3. The summed E-state index contributed by atoms with van der Waals surface area (Å²) in [7, 11) is 1.46. The number of carbonyl (C=O) groups is 3. The van der Waals surface area contributed by atoms with E-state index in [1.807, 2.05) is 42.5 Å². The predicted molar refractivity (Wildman–Crippen MR) is 150 cm³/mol. The second kappa shape index (κ2) is 11.5. The lowest BCUT2D eigenvalue weighted by molar-refractivity contribution is -0.127. The van der Waals surface area contributed by atoms with E-state index in [2.05, 4.69) is 10.6 Å². The molecular weight excluding hydrogens is 537 g/mol. The molecule has 0 radical (unpaired) electrons. The van der Waals surface area contributed by atoms with E-state index in [4.69, 9.17) is 21.1 Å². The number of ether oxygens (including phenoxy) is 2. The number of anilines is 1. The minimum atomic E-state index is -0.784. The molecule has 4 aromatic carbocycles. The van der Waals surface area contributed by atoms with Crippen LogP contribution in [0, 0.1) is 5.82 Å². The van der Waals surface area contributed by atoms with Gasteiger partial charge < -0.3 is 20.1 Å². The first-order chi connectivity index (χ1) is 19.3. The molecule has 40 heavy (non-hydrogen) atoms. The number of fused-ring (bicyclic) bond motifs is 1. The summed E-state index contributed by atoms with van der Waals surface area (Å²) in [4.78, 5) is 38.4. The summed E-state index contributed by atoms with van der Waals surface area (Å²) in [5.74, 6) is -1.43. The lowest BCUT2D eigenvalue weighted by Gasteiger charge is -2.14. The summed E-state index contributed by atoms with van der Waals surface area (Å²) in [5.41, 5.74) is 1.29. The highest BCUT2D eigenvalue weighted by atomic mass is 35.5. The van der Waals surface area contributed by atoms with Crippen LogP contribution >= 0.6 is 11.6 Å². The van der Waals surface area contributed by atoms with Gasteiger partial charge in [0.25, 0.3) is 5.91 Å². The first-order valence-electron chi connectivity index (χ1n) is 12.2. The maximum Gasteiger partial charge on any atom is 0.329 e. The van der Waals surface area contributed by atoms with Gasteiger partial charge in [-0.25, -0.2) is 14.1 Å². The topological polar surface area (TPSA) is 97.0 Å². The SMILES string of the molecule is COc1cc(/C=C2/NC(=O)N(CC(=O)Nc3ccccc3F)C2=O)cc(Cl)c1OCc1ccc2ccccc2c1. The van der Waals surface area contributed by atoms with Crippen molar-refractivity contribution >= 4 is 52.0 Å². The Balaban J connectivity index is 1.29. The van der Waals surface area contributed by atoms with Crippen LogP contribution in [0.25, 0.3) is 16.8 Å². The van der Waals surface area contributed by atoms with Crippen molar-refractivity contribution in [1.82, 2.24) is 10.2 Å². The molecule has 0 aliphatic carbocycles. The van der Waals surface area contributed by atoms with Gasteiger partial charge in [-0.05, 0) is 58.3 Å². The average molecular weight is 560 g/mol. The van der Waals surface area contributed by atoms with Crippen molar-refractivity contribution in [3.8, 4) is 11.5 Å². The predicted octanol–water partition coefficient (Wildman–Crippen LogP) is 5.75. The molecule has 5 rings (SSSR count). The molecule has 0 bridgehead atoms. The van der Waals surface area contributed by atoms with E-state index in [1.165, 1.54) is 31.4 Å². The molecule has 0 aromatic heterocycles. The third kappa shape index (κ3) is 5.74. The summed E-state index contributed by atoms with van der Waals surface area (Å²) in [6, 6.07) is 22.0. The van der Waals surface area contributed by atoms with Crippen LogP contribution in [0.3, 0.4) is 0 Å². The van der Waals surface area contributed by atoms with Crippen LogP contribution in [-0.2, 0) is 16.2 Å². The van der Waals surface area contributed by atoms with Crippen molar-refractivity contribution in [2.45, 2.75) is 6.61 Å². The van der Waals surface area contributed by atoms with E-state index in [-0.39, 0.29) is 23.0 Å². The Morgan fingerprint density at radius 1 is 1.02 bits per heavy atom. The summed E-state index contributed by atoms with van der Waals surface area (Å²) >= 11 is 6.51. The van der Waals surface area contributed by atoms with Gasteiger partial charge in [0.1, 0.15) is 24.7 Å². The number of nitrogens with zero attached hydrogens (tertiary/aromatic N) is 1. The van der Waals surface area contributed by atoms with Crippen LogP contribution < -0.4 is 20.1 Å². The van der Waals surface area contributed by atoms with Crippen molar-refractivity contribution in [2.24, 2.45) is 0 Å². The molecule has 0 saturated carbocycles. The Labute approximate surface area is 233 Å². The molecule has 1 aliphatic heterocycles. The number of hydrogen-bond donors (Lipinski definition) is 2. The number of rotatable bonds is 8. The van der Waals surface area contributed by atoms with E-state index in [1.54, 1.807) is 18.2 Å². The van der Waals surface area contributed by atoms with Crippen molar-refractivity contribution in [1.29, 1.82) is 0 Å². The minimum Gasteiger partial charge on any atom is -0.493 e. The van der Waals surface area contributed by atoms with Crippen LogP contribution in [-0.4, -0.2) is 36.4 Å². The Bertz CT molecular complexity index is 1670. The lowest BCUT2D eigenvalue weighted by atomic mass is 10.1. The molecular formula is C30H23ClFN3O5. The zero-order chi connectivity index (χ0) is 28.2. The molecule has 1 aliphatic rings. The Kier molecular flexibility index (Phi) is 7.65. The molecule has 0 atom stereocenters. The van der Waals surface area contributed by atoms with Gasteiger partial charge in [-0.15, -0.1) is 0 Å². The number of methoxy groups -OCH3 is 1. The Morgan fingerprint density at radius 3 is 2.55 bits per heavy atom. The number of benzene rings is 4. The first-order valence-corrected chi connectivity index (χ1v) is 12.6. The Hall–Kier alpha value is -4.89. The molecule has 4 aromatic rings. The third-order valence-electron chi connectivity index (χ3n) is 6.17. The highest BCUT2D eigenvalue weighted by molar-refractivity contribution is 6.32. The first kappa shape index (κ1) is 26.7. The van der Waals surface area contributed by atoms with Crippen LogP contribution in [0.4, 0.5) is 14.9 Å². The standard InChI is InChI=1S/C30H23ClFN3O5/c1-39-26-15-19(13-22(31)28(26)40-17-18-10-11-20-6-2-3-7-21(20)12-18)14-25-29(37)35(30(38)34-25)16-27(36)33-24-9-5-4-8-23(24)32/h2-15H,16-17H2,1H3,(H,33,36)(H,34,38)/b25-14+. The van der Waals surface area contributed by atoms with Crippen LogP contribution in [0.2, 0.25) is 5.02 Å². The largest absolute Gasteiger partial charge is 0.493 e. The van der Waals surface area contributed by atoms with E-state index in [9.17, 15) is 18.8 Å². The second-order valence-electron chi connectivity index (χ2n) is 8.91. The molecule has 10 heteroatoms. The van der Waals surface area contributed by atoms with Gasteiger partial charge in [0.2, 0.25) is 5.91 Å². The highest BCUT2D eigenvalue weighted by Gasteiger charge is 2.35. The second-order valence-corrected chi connectivity index (χ2v) is 9.32. The number of amides is 4. The number of urea groups is 1. The molecule has 202 valence electrons. The van der Waals surface area contributed by atoms with Crippen LogP contribution in [0.15, 0.2) is 84.6 Å². The average Bonchev–Trinajstić information content (AvgIpc) is 3.20. The van der Waals surface area contributed by atoms with Gasteiger partial charge in [0.05, 0.1) is 17.8 Å². The minimum absolute atomic E-state index is 0.0556. The highest BCUT2D eigenvalue weighted by Crippen LogP contribution is 2.38. The fourth-order valence-electron chi connectivity index (χ4n) is 4.23. The molecule has 8 nitrogen and oxygen atoms in total. The number of hydrogen-bond acceptors (Lipinski definition) is 5. The Morgan fingerprint density at radius 2 is 1.77 bits per heavy atom. The molecule has 1 fully saturated rings. The molecule has 4 amide bonds. The zero-order valence-corrected chi connectivity index (χ0v) is 22.0. The van der Waals surface area contributed by atoms with Crippen molar-refractivity contribution in [3.63, 3.8) is 0 Å². The molecule has 2 N–H and O–H groups in total. The zero-order valence-electron chi connectivity index (χ0n) is 21.2. The summed E-state index contributed by atoms with van der Waals surface area (Å²) in [6.45, 7) is -0.345. The molecule has 0 spiro atoms. The van der Waals surface area contributed by atoms with Gasteiger partial charge in [0, 0.05) is 0 Å². The summed E-state index contributed by atoms with van der Waals surface area (Å²) in [6.07, 6.45) is 1.41. The number of imide groups is 1. The van der Waals surface area contributed by atoms with E-state index < -0.39 is 30.2 Å². The number of halogens is 2. The fraction of sp³-hybridized carbons (Fsp3) is 0.100. The quantitative estimate of drug-likeness (QED) is 0.212. The van der Waals surface area contributed by atoms with E-state index in [0.29, 0.717) is 17.1 Å². The fourth-order valence-corrected chi connectivity index (χ4v) is 4.50. The maximum atomic E-state index is 13.8. The molecule has 1 heterocycles. The van der Waals surface area contributed by atoms with E-state index in [0.717, 1.165) is 21.2 Å². The van der Waals surface area contributed by atoms with Crippen molar-refractivity contribution in [2.75, 3.05) is 19.0 Å². The van der Waals surface area contributed by atoms with Gasteiger partial charge in [-0.1, -0.05) is 60.1 Å². The van der Waals surface area contributed by atoms with Crippen molar-refractivity contribution in [3.05, 3.63) is 107 Å². The normalized spacial score (nSPS) is 14.0. The third-order valence-corrected chi connectivity index (χ3v) is 6.45. The van der Waals surface area contributed by atoms with Crippen LogP contribution in [0.5, 0.6) is 11.5 Å². The lowest BCUT2D eigenvalue weighted by Crippen LogP contribution is -2.38. The molecule has 1 saturated heterocycles. The summed E-state index contributed by atoms with van der Waals surface area (Å²) in [5, 5.41) is 7.25. The van der Waals surface area contributed by atoms with Gasteiger partial charge in [0.15, 0.2) is 11.5 Å². The maximum absolute atomic E-state index is 13.8. The number of carbonyl (C=O) groups excluding carboxylic acids is 3. The van der Waals surface area contributed by atoms with E-state index >= 15 is 0 Å². The number of nitrogens with one attached hydrogen (secondary N) is 2. The van der Waals surface area contributed by atoms with Gasteiger partial charge in [-0.3, -0.25) is 9.59 Å². The smallest absolute Gasteiger partial charge is 0.329 e. The number of para-hydroxylation sites is 1. The van der Waals surface area contributed by atoms with Gasteiger partial charge in [-0.2, -0.15) is 0 Å². The monoisotopic (exact) mass is 559 g/mol. The van der Waals surface area contributed by atoms with Crippen molar-refractivity contribution < 1.29 is 28.2 Å².